The zero-order chi connectivity index (χ0) is 14.5. The van der Waals surface area contributed by atoms with Gasteiger partial charge in [-0.25, -0.2) is 9.18 Å². The van der Waals surface area contributed by atoms with E-state index in [2.05, 4.69) is 5.32 Å². The van der Waals surface area contributed by atoms with Crippen LogP contribution in [0.5, 0.6) is 5.75 Å². The molecule has 0 aliphatic heterocycles. The summed E-state index contributed by atoms with van der Waals surface area (Å²) in [5.74, 6) is 0.784. The molecule has 0 bridgehead atoms. The van der Waals surface area contributed by atoms with Crippen LogP contribution >= 0.6 is 0 Å². The molecule has 1 aromatic rings. The lowest BCUT2D eigenvalue weighted by molar-refractivity contribution is 0.193. The summed E-state index contributed by atoms with van der Waals surface area (Å²) < 4.78 is 18.6. The summed E-state index contributed by atoms with van der Waals surface area (Å²) in [4.78, 5) is 13.6. The Morgan fingerprint density at radius 1 is 1.40 bits per heavy atom. The Hall–Kier alpha value is -1.78. The molecule has 0 radical (unpaired) electrons. The summed E-state index contributed by atoms with van der Waals surface area (Å²) in [6, 6.07) is 6.98. The molecule has 20 heavy (non-hydrogen) atoms. The van der Waals surface area contributed by atoms with Crippen LogP contribution in [0.1, 0.15) is 24.8 Å². The SMILES string of the molecule is COc1ccc(CN(C)C(=O)N[C@H]2CCC[C@H]2F)cc1. The number of methoxy groups -OCH3 is 1. The van der Waals surface area contributed by atoms with E-state index >= 15 is 0 Å². The number of nitrogens with one attached hydrogen (secondary N) is 1. The highest BCUT2D eigenvalue weighted by atomic mass is 19.1. The number of hydrogen-bond acceptors (Lipinski definition) is 2. The molecule has 0 saturated heterocycles. The van der Waals surface area contributed by atoms with Gasteiger partial charge in [-0.1, -0.05) is 12.1 Å². The quantitative estimate of drug-likeness (QED) is 0.921. The molecule has 4 nitrogen and oxygen atoms in total. The van der Waals surface area contributed by atoms with Gasteiger partial charge in [0.2, 0.25) is 0 Å². The fourth-order valence-electron chi connectivity index (χ4n) is 2.42. The van der Waals surface area contributed by atoms with Gasteiger partial charge in [0.05, 0.1) is 13.2 Å². The normalized spacial score (nSPS) is 21.6. The third-order valence-corrected chi connectivity index (χ3v) is 3.67. The second kappa shape index (κ2) is 6.59. The van der Waals surface area contributed by atoms with Crippen molar-refractivity contribution >= 4 is 6.03 Å². The molecule has 1 saturated carbocycles. The van der Waals surface area contributed by atoms with Crippen LogP contribution in [0.2, 0.25) is 0 Å². The highest BCUT2D eigenvalue weighted by Gasteiger charge is 2.28. The Morgan fingerprint density at radius 3 is 2.65 bits per heavy atom. The third kappa shape index (κ3) is 3.62. The number of carbonyl (C=O) groups is 1. The van der Waals surface area contributed by atoms with E-state index in [1.54, 1.807) is 19.1 Å². The van der Waals surface area contributed by atoms with Gasteiger partial charge < -0.3 is 15.0 Å². The molecule has 1 N–H and O–H groups in total. The van der Waals surface area contributed by atoms with Crippen LogP contribution in [0.25, 0.3) is 0 Å². The maximum absolute atomic E-state index is 13.5. The first-order valence-corrected chi connectivity index (χ1v) is 6.89. The fourth-order valence-corrected chi connectivity index (χ4v) is 2.42. The van der Waals surface area contributed by atoms with Gasteiger partial charge in [0.15, 0.2) is 0 Å². The van der Waals surface area contributed by atoms with Crippen LogP contribution in [0.15, 0.2) is 24.3 Å². The highest BCUT2D eigenvalue weighted by Crippen LogP contribution is 2.22. The van der Waals surface area contributed by atoms with Crippen LogP contribution in [0.4, 0.5) is 9.18 Å². The van der Waals surface area contributed by atoms with Gasteiger partial charge in [0.25, 0.3) is 0 Å². The summed E-state index contributed by atoms with van der Waals surface area (Å²) in [6.07, 6.45) is 1.21. The molecule has 1 aliphatic carbocycles. The maximum Gasteiger partial charge on any atom is 0.317 e. The molecule has 110 valence electrons. The monoisotopic (exact) mass is 280 g/mol. The van der Waals surface area contributed by atoms with E-state index < -0.39 is 6.17 Å². The van der Waals surface area contributed by atoms with Crippen molar-refractivity contribution < 1.29 is 13.9 Å². The summed E-state index contributed by atoms with van der Waals surface area (Å²) in [6.45, 7) is 0.486. The van der Waals surface area contributed by atoms with Gasteiger partial charge >= 0.3 is 6.03 Å². The predicted molar refractivity (Wildman–Crippen MR) is 75.5 cm³/mol. The first kappa shape index (κ1) is 14.6. The van der Waals surface area contributed by atoms with Crippen molar-refractivity contribution in [3.63, 3.8) is 0 Å². The molecule has 0 aromatic heterocycles. The number of urea groups is 1. The zero-order valence-electron chi connectivity index (χ0n) is 11.9. The van der Waals surface area contributed by atoms with E-state index in [1.165, 1.54) is 0 Å². The minimum Gasteiger partial charge on any atom is -0.497 e. The van der Waals surface area contributed by atoms with Crippen molar-refractivity contribution in [3.05, 3.63) is 29.8 Å². The minimum atomic E-state index is -0.909. The molecule has 2 rings (SSSR count). The smallest absolute Gasteiger partial charge is 0.317 e. The van der Waals surface area contributed by atoms with E-state index in [4.69, 9.17) is 4.74 Å². The van der Waals surface area contributed by atoms with E-state index in [-0.39, 0.29) is 12.1 Å². The Balaban J connectivity index is 1.86. The van der Waals surface area contributed by atoms with Crippen molar-refractivity contribution in [2.75, 3.05) is 14.2 Å². The van der Waals surface area contributed by atoms with Crippen molar-refractivity contribution in [1.82, 2.24) is 10.2 Å². The van der Waals surface area contributed by atoms with Gasteiger partial charge in [-0.2, -0.15) is 0 Å². The summed E-state index contributed by atoms with van der Waals surface area (Å²) >= 11 is 0. The Bertz CT molecular complexity index is 450. The summed E-state index contributed by atoms with van der Waals surface area (Å²) in [5, 5.41) is 2.76. The van der Waals surface area contributed by atoms with E-state index in [9.17, 15) is 9.18 Å². The van der Waals surface area contributed by atoms with E-state index in [1.807, 2.05) is 24.3 Å². The standard InChI is InChI=1S/C15H21FN2O2/c1-18(10-11-6-8-12(20-2)9-7-11)15(19)17-14-5-3-4-13(14)16/h6-9,13-14H,3-5,10H2,1-2H3,(H,17,19)/t13-,14+/m1/s1. The average Bonchev–Trinajstić information content (AvgIpc) is 2.85. The molecule has 1 aliphatic rings. The second-order valence-corrected chi connectivity index (χ2v) is 5.21. The molecule has 1 aromatic carbocycles. The van der Waals surface area contributed by atoms with Gasteiger partial charge in [-0.05, 0) is 37.0 Å². The molecule has 1 fully saturated rings. The number of halogens is 1. The first-order valence-electron chi connectivity index (χ1n) is 6.89. The number of amides is 2. The van der Waals surface area contributed by atoms with Crippen molar-refractivity contribution in [2.24, 2.45) is 0 Å². The number of hydrogen-bond donors (Lipinski definition) is 1. The largest absolute Gasteiger partial charge is 0.497 e. The topological polar surface area (TPSA) is 41.6 Å². The predicted octanol–water partition coefficient (Wildman–Crippen LogP) is 2.73. The lowest BCUT2D eigenvalue weighted by Gasteiger charge is -2.22. The molecule has 0 heterocycles. The number of rotatable bonds is 4. The molecule has 2 atom stereocenters. The second-order valence-electron chi connectivity index (χ2n) is 5.21. The molecule has 0 unspecified atom stereocenters. The number of alkyl halides is 1. The van der Waals surface area contributed by atoms with Gasteiger partial charge in [-0.15, -0.1) is 0 Å². The minimum absolute atomic E-state index is 0.227. The number of benzene rings is 1. The van der Waals surface area contributed by atoms with Crippen molar-refractivity contribution in [3.8, 4) is 5.75 Å². The third-order valence-electron chi connectivity index (χ3n) is 3.67. The number of carbonyl (C=O) groups excluding carboxylic acids is 1. The van der Waals surface area contributed by atoms with Crippen LogP contribution in [-0.4, -0.2) is 37.3 Å². The first-order chi connectivity index (χ1) is 9.60. The molecule has 0 spiro atoms. The van der Waals surface area contributed by atoms with Crippen LogP contribution < -0.4 is 10.1 Å². The van der Waals surface area contributed by atoms with Crippen molar-refractivity contribution in [1.29, 1.82) is 0 Å². The lowest BCUT2D eigenvalue weighted by Crippen LogP contribution is -2.44. The Kier molecular flexibility index (Phi) is 4.82. The fraction of sp³-hybridized carbons (Fsp3) is 0.533. The lowest BCUT2D eigenvalue weighted by atomic mass is 10.2. The van der Waals surface area contributed by atoms with Gasteiger partial charge in [0, 0.05) is 13.6 Å². The summed E-state index contributed by atoms with van der Waals surface area (Å²) in [5.41, 5.74) is 1.01. The van der Waals surface area contributed by atoms with Crippen molar-refractivity contribution in [2.45, 2.75) is 38.0 Å². The van der Waals surface area contributed by atoms with E-state index in [0.717, 1.165) is 24.2 Å². The number of ether oxygens (including phenoxy) is 1. The van der Waals surface area contributed by atoms with Crippen LogP contribution in [-0.2, 0) is 6.54 Å². The van der Waals surface area contributed by atoms with E-state index in [0.29, 0.717) is 13.0 Å². The highest BCUT2D eigenvalue weighted by molar-refractivity contribution is 5.74. The number of nitrogens with zero attached hydrogens (tertiary/aromatic N) is 1. The van der Waals surface area contributed by atoms with Gasteiger partial charge in [0.1, 0.15) is 11.9 Å². The zero-order valence-corrected chi connectivity index (χ0v) is 11.9. The average molecular weight is 280 g/mol. The maximum atomic E-state index is 13.5. The molecule has 2 amide bonds. The van der Waals surface area contributed by atoms with Gasteiger partial charge in [-0.3, -0.25) is 0 Å². The van der Waals surface area contributed by atoms with Crippen LogP contribution in [0.3, 0.4) is 0 Å². The molecule has 5 heteroatoms. The Labute approximate surface area is 118 Å². The Morgan fingerprint density at radius 2 is 2.10 bits per heavy atom. The molecular formula is C15H21FN2O2. The molecular weight excluding hydrogens is 259 g/mol. The van der Waals surface area contributed by atoms with Crippen LogP contribution in [0, 0.1) is 0 Å². The summed E-state index contributed by atoms with van der Waals surface area (Å²) in [7, 11) is 3.32.